The summed E-state index contributed by atoms with van der Waals surface area (Å²) < 4.78 is 6.44. The number of ether oxygens (including phenoxy) is 1. The van der Waals surface area contributed by atoms with E-state index in [9.17, 15) is 0 Å². The fraction of sp³-hybridized carbons (Fsp3) is 0.379. The molecule has 0 spiro atoms. The van der Waals surface area contributed by atoms with E-state index in [1.807, 2.05) is 0 Å². The van der Waals surface area contributed by atoms with Gasteiger partial charge in [0.25, 0.3) is 0 Å². The van der Waals surface area contributed by atoms with E-state index in [2.05, 4.69) is 115 Å². The van der Waals surface area contributed by atoms with Crippen LogP contribution in [0.3, 0.4) is 0 Å². The van der Waals surface area contributed by atoms with Crippen LogP contribution in [0.25, 0.3) is 0 Å². The fourth-order valence-electron chi connectivity index (χ4n) is 4.69. The summed E-state index contributed by atoms with van der Waals surface area (Å²) in [5.41, 5.74) is 4.07. The van der Waals surface area contributed by atoms with E-state index in [1.54, 1.807) is 0 Å². The van der Waals surface area contributed by atoms with Crippen LogP contribution in [0.5, 0.6) is 0 Å². The molecule has 0 saturated carbocycles. The van der Waals surface area contributed by atoms with Crippen LogP contribution in [0.4, 0.5) is 0 Å². The molecule has 1 aliphatic rings. The van der Waals surface area contributed by atoms with Gasteiger partial charge < -0.3 is 4.74 Å². The second kappa shape index (κ2) is 11.4. The third kappa shape index (κ3) is 6.52. The van der Waals surface area contributed by atoms with E-state index in [0.717, 1.165) is 32.6 Å². The first-order valence-electron chi connectivity index (χ1n) is 11.9. The maximum Gasteiger partial charge on any atom is 0.0999 e. The van der Waals surface area contributed by atoms with Crippen LogP contribution < -0.4 is 0 Å². The van der Waals surface area contributed by atoms with E-state index < -0.39 is 0 Å². The Balaban J connectivity index is 1.53. The molecule has 2 atom stereocenters. The summed E-state index contributed by atoms with van der Waals surface area (Å²) in [6.45, 7) is 9.16. The van der Waals surface area contributed by atoms with Crippen molar-refractivity contribution in [3.8, 4) is 0 Å². The number of rotatable bonds is 10. The molecule has 1 aliphatic heterocycles. The van der Waals surface area contributed by atoms with Crippen molar-refractivity contribution in [2.45, 2.75) is 52.0 Å². The maximum atomic E-state index is 6.44. The van der Waals surface area contributed by atoms with Crippen LogP contribution >= 0.6 is 0 Å². The molecule has 4 rings (SSSR count). The van der Waals surface area contributed by atoms with Crippen molar-refractivity contribution in [2.24, 2.45) is 5.92 Å². The molecule has 0 radical (unpaired) electrons. The number of benzene rings is 3. The molecule has 0 bridgehead atoms. The molecule has 0 N–H and O–H groups in total. The topological polar surface area (TPSA) is 15.7 Å². The summed E-state index contributed by atoms with van der Waals surface area (Å²) in [4.78, 5) is 5.08. The number of hydrogen-bond donors (Lipinski definition) is 0. The summed E-state index contributed by atoms with van der Waals surface area (Å²) in [5.74, 6) is 0.612. The second-order valence-corrected chi connectivity index (χ2v) is 9.40. The van der Waals surface area contributed by atoms with E-state index in [0.29, 0.717) is 18.7 Å². The maximum absolute atomic E-state index is 6.44. The minimum Gasteiger partial charge on any atom is -0.360 e. The summed E-state index contributed by atoms with van der Waals surface area (Å²) in [6, 6.07) is 32.8. The van der Waals surface area contributed by atoms with Gasteiger partial charge in [0.1, 0.15) is 0 Å². The Morgan fingerprint density at radius 1 is 0.781 bits per heavy atom. The monoisotopic (exact) mass is 428 g/mol. The molecule has 1 heterocycles. The summed E-state index contributed by atoms with van der Waals surface area (Å²) in [7, 11) is 0. The number of hydrogen-bond acceptors (Lipinski definition) is 3. The summed E-state index contributed by atoms with van der Waals surface area (Å²) in [5, 5.41) is 0. The third-order valence-electron chi connectivity index (χ3n) is 6.23. The van der Waals surface area contributed by atoms with Gasteiger partial charge in [0.2, 0.25) is 0 Å². The van der Waals surface area contributed by atoms with Crippen LogP contribution in [-0.4, -0.2) is 35.2 Å². The Hall–Kier alpha value is -2.46. The molecule has 1 saturated heterocycles. The quantitative estimate of drug-likeness (QED) is 0.396. The largest absolute Gasteiger partial charge is 0.360 e. The van der Waals surface area contributed by atoms with Crippen LogP contribution in [-0.2, 0) is 24.4 Å². The molecular formula is C29H36N2O. The molecule has 0 amide bonds. The first-order valence-corrected chi connectivity index (χ1v) is 11.9. The molecular weight excluding hydrogens is 392 g/mol. The Bertz CT molecular complexity index is 872. The lowest BCUT2D eigenvalue weighted by molar-refractivity contribution is 0.00676. The van der Waals surface area contributed by atoms with Gasteiger partial charge >= 0.3 is 0 Å². The van der Waals surface area contributed by atoms with Gasteiger partial charge in [-0.05, 0) is 29.0 Å². The average Bonchev–Trinajstić information content (AvgIpc) is 3.27. The smallest absolute Gasteiger partial charge is 0.0999 e. The molecule has 1 fully saturated rings. The van der Waals surface area contributed by atoms with Gasteiger partial charge in [-0.1, -0.05) is 105 Å². The van der Waals surface area contributed by atoms with Gasteiger partial charge in [0.15, 0.2) is 0 Å². The lowest BCUT2D eigenvalue weighted by atomic mass is 9.96. The molecule has 0 unspecified atom stereocenters. The van der Waals surface area contributed by atoms with Crippen molar-refractivity contribution in [1.29, 1.82) is 0 Å². The Kier molecular flexibility index (Phi) is 8.11. The highest BCUT2D eigenvalue weighted by atomic mass is 16.5. The number of nitrogens with zero attached hydrogens (tertiary/aromatic N) is 2. The molecule has 0 aromatic heterocycles. The molecule has 3 aromatic carbocycles. The van der Waals surface area contributed by atoms with Gasteiger partial charge in [-0.25, -0.2) is 0 Å². The van der Waals surface area contributed by atoms with Crippen molar-refractivity contribution < 1.29 is 4.74 Å². The zero-order valence-corrected chi connectivity index (χ0v) is 19.4. The summed E-state index contributed by atoms with van der Waals surface area (Å²) >= 11 is 0. The fourth-order valence-corrected chi connectivity index (χ4v) is 4.69. The minimum atomic E-state index is 0.216. The van der Waals surface area contributed by atoms with Crippen molar-refractivity contribution in [3.63, 3.8) is 0 Å². The highest BCUT2D eigenvalue weighted by molar-refractivity contribution is 5.18. The highest BCUT2D eigenvalue weighted by Gasteiger charge is 2.34. The molecule has 168 valence electrons. The SMILES string of the molecule is CC(C)C[C@@H]([C@H]1CN(Cc2ccccc2)CO1)N(Cc1ccccc1)Cc1ccccc1. The lowest BCUT2D eigenvalue weighted by Crippen LogP contribution is -2.45. The van der Waals surface area contributed by atoms with E-state index in [4.69, 9.17) is 4.74 Å². The zero-order chi connectivity index (χ0) is 22.2. The van der Waals surface area contributed by atoms with E-state index in [-0.39, 0.29) is 6.10 Å². The van der Waals surface area contributed by atoms with Crippen LogP contribution in [0.2, 0.25) is 0 Å². The van der Waals surface area contributed by atoms with Crippen molar-refractivity contribution in [3.05, 3.63) is 108 Å². The first kappa shape index (κ1) is 22.7. The van der Waals surface area contributed by atoms with Gasteiger partial charge in [0, 0.05) is 32.2 Å². The van der Waals surface area contributed by atoms with Crippen LogP contribution in [0.15, 0.2) is 91.0 Å². The van der Waals surface area contributed by atoms with Gasteiger partial charge in [0.05, 0.1) is 12.8 Å². The Morgan fingerprint density at radius 3 is 1.78 bits per heavy atom. The molecule has 3 heteroatoms. The van der Waals surface area contributed by atoms with Crippen molar-refractivity contribution in [2.75, 3.05) is 13.3 Å². The molecule has 3 aromatic rings. The van der Waals surface area contributed by atoms with Crippen LogP contribution in [0, 0.1) is 5.92 Å². The second-order valence-electron chi connectivity index (χ2n) is 9.40. The normalized spacial score (nSPS) is 17.8. The molecule has 3 nitrogen and oxygen atoms in total. The van der Waals surface area contributed by atoms with Crippen LogP contribution in [0.1, 0.15) is 37.0 Å². The lowest BCUT2D eigenvalue weighted by Gasteiger charge is -2.36. The van der Waals surface area contributed by atoms with Gasteiger partial charge in [-0.15, -0.1) is 0 Å². The summed E-state index contributed by atoms with van der Waals surface area (Å²) in [6.07, 6.45) is 1.34. The standard InChI is InChI=1S/C29H36N2O/c1-24(2)18-28(29-22-30(23-32-29)19-25-12-6-3-7-13-25)31(20-26-14-8-4-9-15-26)21-27-16-10-5-11-17-27/h3-17,24,28-29H,18-23H2,1-2H3/t28-,29+/m0/s1. The van der Waals surface area contributed by atoms with Gasteiger partial charge in [-0.2, -0.15) is 0 Å². The highest BCUT2D eigenvalue weighted by Crippen LogP contribution is 2.26. The van der Waals surface area contributed by atoms with E-state index in [1.165, 1.54) is 16.7 Å². The predicted octanol–water partition coefficient (Wildman–Crippen LogP) is 5.96. The Morgan fingerprint density at radius 2 is 1.28 bits per heavy atom. The van der Waals surface area contributed by atoms with Crippen molar-refractivity contribution >= 4 is 0 Å². The van der Waals surface area contributed by atoms with E-state index >= 15 is 0 Å². The average molecular weight is 429 g/mol. The third-order valence-corrected chi connectivity index (χ3v) is 6.23. The minimum absolute atomic E-state index is 0.216. The molecule has 0 aliphatic carbocycles. The zero-order valence-electron chi connectivity index (χ0n) is 19.4. The Labute approximate surface area is 193 Å². The predicted molar refractivity (Wildman–Crippen MR) is 132 cm³/mol. The van der Waals surface area contributed by atoms with Crippen molar-refractivity contribution in [1.82, 2.24) is 9.80 Å². The molecule has 32 heavy (non-hydrogen) atoms. The first-order chi connectivity index (χ1) is 15.7. The van der Waals surface area contributed by atoms with Gasteiger partial charge in [-0.3, -0.25) is 9.80 Å².